The highest BCUT2D eigenvalue weighted by Gasteiger charge is 2.06. The number of amides is 1. The van der Waals surface area contributed by atoms with Crippen LogP contribution >= 0.6 is 0 Å². The third kappa shape index (κ3) is 4.78. The van der Waals surface area contributed by atoms with E-state index in [1.165, 1.54) is 5.56 Å². The van der Waals surface area contributed by atoms with Crippen LogP contribution in [0.3, 0.4) is 0 Å². The van der Waals surface area contributed by atoms with E-state index in [1.807, 2.05) is 38.1 Å². The van der Waals surface area contributed by atoms with Crippen molar-refractivity contribution in [3.8, 4) is 5.75 Å². The largest absolute Gasteiger partial charge is 0.484 e. The van der Waals surface area contributed by atoms with Crippen molar-refractivity contribution in [2.45, 2.75) is 46.1 Å². The molecular weight excluding hydrogens is 226 g/mol. The molecule has 1 amide bonds. The van der Waals surface area contributed by atoms with Gasteiger partial charge in [0.1, 0.15) is 5.75 Å². The quantitative estimate of drug-likeness (QED) is 0.841. The Labute approximate surface area is 110 Å². The van der Waals surface area contributed by atoms with Crippen molar-refractivity contribution < 1.29 is 9.53 Å². The second-order valence-corrected chi connectivity index (χ2v) is 4.89. The molecule has 0 heterocycles. The predicted molar refractivity (Wildman–Crippen MR) is 73.9 cm³/mol. The van der Waals surface area contributed by atoms with E-state index in [-0.39, 0.29) is 18.6 Å². The number of benzene rings is 1. The second kappa shape index (κ2) is 7.04. The van der Waals surface area contributed by atoms with Gasteiger partial charge < -0.3 is 10.1 Å². The minimum absolute atomic E-state index is 0.0720. The summed E-state index contributed by atoms with van der Waals surface area (Å²) >= 11 is 0. The van der Waals surface area contributed by atoms with Gasteiger partial charge in [-0.2, -0.15) is 0 Å². The molecule has 1 aromatic carbocycles. The second-order valence-electron chi connectivity index (χ2n) is 4.89. The van der Waals surface area contributed by atoms with Gasteiger partial charge in [0.15, 0.2) is 6.61 Å². The first-order chi connectivity index (χ1) is 8.52. The average Bonchev–Trinajstić information content (AvgIpc) is 2.36. The Morgan fingerprint density at radius 2 is 1.83 bits per heavy atom. The average molecular weight is 249 g/mol. The summed E-state index contributed by atoms with van der Waals surface area (Å²) in [6, 6.07) is 8.08. The van der Waals surface area contributed by atoms with Gasteiger partial charge in [-0.25, -0.2) is 0 Å². The third-order valence-electron chi connectivity index (χ3n) is 2.94. The van der Waals surface area contributed by atoms with Crippen LogP contribution in [-0.4, -0.2) is 18.6 Å². The van der Waals surface area contributed by atoms with E-state index < -0.39 is 0 Å². The maximum atomic E-state index is 11.5. The Balaban J connectivity index is 2.41. The molecule has 0 unspecified atom stereocenters. The van der Waals surface area contributed by atoms with Gasteiger partial charge in [-0.3, -0.25) is 4.79 Å². The minimum Gasteiger partial charge on any atom is -0.484 e. The number of nitrogens with one attached hydrogen (secondary N) is 1. The van der Waals surface area contributed by atoms with Crippen molar-refractivity contribution in [3.05, 3.63) is 29.8 Å². The smallest absolute Gasteiger partial charge is 0.258 e. The maximum absolute atomic E-state index is 11.5. The van der Waals surface area contributed by atoms with Gasteiger partial charge >= 0.3 is 0 Å². The first kappa shape index (κ1) is 14.6. The SMILES string of the molecule is CC[C@H](C)NC(=O)COc1ccc(C(C)C)cc1. The summed E-state index contributed by atoms with van der Waals surface area (Å²) in [5, 5.41) is 2.87. The van der Waals surface area contributed by atoms with Crippen LogP contribution in [0, 0.1) is 0 Å². The molecule has 1 N–H and O–H groups in total. The van der Waals surface area contributed by atoms with Crippen LogP contribution in [0.5, 0.6) is 5.75 Å². The summed E-state index contributed by atoms with van der Waals surface area (Å²) in [6.45, 7) is 8.39. The summed E-state index contributed by atoms with van der Waals surface area (Å²) in [5.74, 6) is 1.17. The van der Waals surface area contributed by atoms with E-state index in [2.05, 4.69) is 19.2 Å². The highest BCUT2D eigenvalue weighted by atomic mass is 16.5. The minimum atomic E-state index is -0.0720. The number of rotatable bonds is 6. The van der Waals surface area contributed by atoms with Crippen LogP contribution in [0.4, 0.5) is 0 Å². The van der Waals surface area contributed by atoms with Crippen LogP contribution in [0.2, 0.25) is 0 Å². The summed E-state index contributed by atoms with van der Waals surface area (Å²) < 4.78 is 5.44. The summed E-state index contributed by atoms with van der Waals surface area (Å²) in [4.78, 5) is 11.5. The molecule has 1 rings (SSSR count). The van der Waals surface area contributed by atoms with E-state index in [4.69, 9.17) is 4.74 Å². The fourth-order valence-electron chi connectivity index (χ4n) is 1.52. The molecule has 0 aliphatic heterocycles. The molecule has 0 radical (unpaired) electrons. The summed E-state index contributed by atoms with van der Waals surface area (Å²) in [6.07, 6.45) is 0.925. The molecule has 0 aliphatic rings. The number of ether oxygens (including phenoxy) is 1. The number of carbonyl (C=O) groups excluding carboxylic acids is 1. The molecule has 0 fully saturated rings. The number of carbonyl (C=O) groups is 1. The first-order valence-corrected chi connectivity index (χ1v) is 6.55. The molecule has 0 aliphatic carbocycles. The van der Waals surface area contributed by atoms with E-state index in [0.717, 1.165) is 12.2 Å². The Kier molecular flexibility index (Phi) is 5.69. The van der Waals surface area contributed by atoms with Gasteiger partial charge in [-0.05, 0) is 37.0 Å². The topological polar surface area (TPSA) is 38.3 Å². The summed E-state index contributed by atoms with van der Waals surface area (Å²) in [5.41, 5.74) is 1.27. The fraction of sp³-hybridized carbons (Fsp3) is 0.533. The zero-order chi connectivity index (χ0) is 13.5. The molecule has 0 saturated carbocycles. The van der Waals surface area contributed by atoms with Crippen molar-refractivity contribution in [3.63, 3.8) is 0 Å². The van der Waals surface area contributed by atoms with Crippen LogP contribution in [0.1, 0.15) is 45.6 Å². The monoisotopic (exact) mass is 249 g/mol. The van der Waals surface area contributed by atoms with Gasteiger partial charge in [-0.1, -0.05) is 32.9 Å². The molecule has 0 bridgehead atoms. The Morgan fingerprint density at radius 1 is 1.22 bits per heavy atom. The molecule has 0 spiro atoms. The fourth-order valence-corrected chi connectivity index (χ4v) is 1.52. The number of hydrogen-bond donors (Lipinski definition) is 1. The highest BCUT2D eigenvalue weighted by molar-refractivity contribution is 5.77. The lowest BCUT2D eigenvalue weighted by Gasteiger charge is -2.12. The molecule has 1 atom stereocenters. The van der Waals surface area contributed by atoms with Gasteiger partial charge in [0.05, 0.1) is 0 Å². The van der Waals surface area contributed by atoms with E-state index in [0.29, 0.717) is 5.92 Å². The molecule has 3 heteroatoms. The molecule has 3 nitrogen and oxygen atoms in total. The van der Waals surface area contributed by atoms with E-state index >= 15 is 0 Å². The van der Waals surface area contributed by atoms with Gasteiger partial charge in [-0.15, -0.1) is 0 Å². The van der Waals surface area contributed by atoms with Crippen molar-refractivity contribution in [2.75, 3.05) is 6.61 Å². The van der Waals surface area contributed by atoms with Crippen LogP contribution in [-0.2, 0) is 4.79 Å². The normalized spacial score (nSPS) is 12.3. The van der Waals surface area contributed by atoms with Gasteiger partial charge in [0.25, 0.3) is 5.91 Å². The van der Waals surface area contributed by atoms with Crippen LogP contribution < -0.4 is 10.1 Å². The number of hydrogen-bond acceptors (Lipinski definition) is 2. The third-order valence-corrected chi connectivity index (χ3v) is 2.94. The van der Waals surface area contributed by atoms with Gasteiger partial charge in [0, 0.05) is 6.04 Å². The molecular formula is C15H23NO2. The lowest BCUT2D eigenvalue weighted by molar-refractivity contribution is -0.123. The summed E-state index contributed by atoms with van der Waals surface area (Å²) in [7, 11) is 0. The zero-order valence-corrected chi connectivity index (χ0v) is 11.7. The maximum Gasteiger partial charge on any atom is 0.258 e. The Hall–Kier alpha value is -1.51. The van der Waals surface area contributed by atoms with Crippen molar-refractivity contribution in [1.82, 2.24) is 5.32 Å². The standard InChI is InChI=1S/C15H23NO2/c1-5-12(4)16-15(17)10-18-14-8-6-13(7-9-14)11(2)3/h6-9,11-12H,5,10H2,1-4H3,(H,16,17)/t12-/m0/s1. The van der Waals surface area contributed by atoms with Crippen molar-refractivity contribution in [1.29, 1.82) is 0 Å². The molecule has 0 saturated heterocycles. The lowest BCUT2D eigenvalue weighted by Crippen LogP contribution is -2.35. The predicted octanol–water partition coefficient (Wildman–Crippen LogP) is 3.10. The molecule has 1 aromatic rings. The molecule has 0 aromatic heterocycles. The Bertz CT molecular complexity index is 371. The molecule has 100 valence electrons. The van der Waals surface area contributed by atoms with Crippen molar-refractivity contribution in [2.24, 2.45) is 0 Å². The highest BCUT2D eigenvalue weighted by Crippen LogP contribution is 2.18. The zero-order valence-electron chi connectivity index (χ0n) is 11.7. The van der Waals surface area contributed by atoms with Gasteiger partial charge in [0.2, 0.25) is 0 Å². The Morgan fingerprint density at radius 3 is 2.33 bits per heavy atom. The van der Waals surface area contributed by atoms with E-state index in [9.17, 15) is 4.79 Å². The van der Waals surface area contributed by atoms with Crippen molar-refractivity contribution >= 4 is 5.91 Å². The molecule has 18 heavy (non-hydrogen) atoms. The lowest BCUT2D eigenvalue weighted by atomic mass is 10.0. The van der Waals surface area contributed by atoms with E-state index in [1.54, 1.807) is 0 Å². The van der Waals surface area contributed by atoms with Crippen LogP contribution in [0.15, 0.2) is 24.3 Å². The van der Waals surface area contributed by atoms with Crippen LogP contribution in [0.25, 0.3) is 0 Å². The first-order valence-electron chi connectivity index (χ1n) is 6.55.